The summed E-state index contributed by atoms with van der Waals surface area (Å²) >= 11 is 0. The predicted molar refractivity (Wildman–Crippen MR) is 85.6 cm³/mol. The number of likely N-dealkylation sites (tertiary alicyclic amines) is 1. The molecule has 0 N–H and O–H groups in total. The lowest BCUT2D eigenvalue weighted by atomic mass is 9.64. The van der Waals surface area contributed by atoms with Crippen LogP contribution in [0.5, 0.6) is 0 Å². The zero-order chi connectivity index (χ0) is 14.7. The summed E-state index contributed by atoms with van der Waals surface area (Å²) in [5.74, 6) is 2.71. The highest BCUT2D eigenvalue weighted by Gasteiger charge is 2.48. The average molecular weight is 297 g/mol. The van der Waals surface area contributed by atoms with E-state index in [9.17, 15) is 4.79 Å². The number of amides is 1. The van der Waals surface area contributed by atoms with Crippen LogP contribution in [-0.2, 0) is 4.79 Å². The van der Waals surface area contributed by atoms with Crippen molar-refractivity contribution in [3.63, 3.8) is 0 Å². The van der Waals surface area contributed by atoms with E-state index in [0.717, 1.165) is 18.0 Å². The van der Waals surface area contributed by atoms with Gasteiger partial charge in [0.1, 0.15) is 0 Å². The first kappa shape index (κ1) is 13.4. The fourth-order valence-corrected chi connectivity index (χ4v) is 5.67. The lowest BCUT2D eigenvalue weighted by Gasteiger charge is -2.53. The van der Waals surface area contributed by atoms with Gasteiger partial charge in [-0.3, -0.25) is 4.79 Å². The molecule has 6 rings (SSSR count). The summed E-state index contributed by atoms with van der Waals surface area (Å²) in [6.45, 7) is 5.92. The van der Waals surface area contributed by atoms with Gasteiger partial charge in [0.05, 0.1) is 6.54 Å². The van der Waals surface area contributed by atoms with Crippen LogP contribution in [-0.4, -0.2) is 41.4 Å². The van der Waals surface area contributed by atoms with Crippen LogP contribution in [0.3, 0.4) is 0 Å². The second kappa shape index (κ2) is 4.95. The van der Waals surface area contributed by atoms with Gasteiger partial charge in [0.25, 0.3) is 5.91 Å². The number of carbonyl (C=O) groups is 1. The molecule has 4 heterocycles. The van der Waals surface area contributed by atoms with Gasteiger partial charge in [-0.25, -0.2) is 0 Å². The highest BCUT2D eigenvalue weighted by atomic mass is 16.2. The van der Waals surface area contributed by atoms with E-state index < -0.39 is 0 Å². The molecular weight excluding hydrogens is 272 g/mol. The molecule has 0 aromatic rings. The quantitative estimate of drug-likeness (QED) is 0.743. The van der Waals surface area contributed by atoms with Gasteiger partial charge in [0.2, 0.25) is 0 Å². The van der Waals surface area contributed by atoms with E-state index >= 15 is 0 Å². The third kappa shape index (κ3) is 1.87. The Morgan fingerprint density at radius 2 is 1.86 bits per heavy atom. The molecule has 6 aliphatic rings. The van der Waals surface area contributed by atoms with E-state index in [2.05, 4.69) is 34.6 Å². The summed E-state index contributed by atoms with van der Waals surface area (Å²) in [5.41, 5.74) is 1.11. The Morgan fingerprint density at radius 3 is 2.64 bits per heavy atom. The Morgan fingerprint density at radius 1 is 1.05 bits per heavy atom. The standard InChI is InChI=1S/C19H25N2O/c22-19-16-6-2-4-14-3-1-5-15(18(14)16)11-21(19)17-12-20-9-7-13(17)8-10-20/h2,4,6,11,13-15,17-18H,1,3,5,7-10,12H2/t14?,15?,17-,18?/m1/s1. The van der Waals surface area contributed by atoms with Crippen LogP contribution in [0.15, 0.2) is 23.8 Å². The van der Waals surface area contributed by atoms with E-state index in [1.807, 2.05) is 0 Å². The average Bonchev–Trinajstić information content (AvgIpc) is 2.59. The van der Waals surface area contributed by atoms with Gasteiger partial charge in [0, 0.05) is 24.1 Å². The molecule has 3 unspecified atom stereocenters. The number of nitrogens with zero attached hydrogens (tertiary/aromatic N) is 2. The lowest BCUT2D eigenvalue weighted by molar-refractivity contribution is -0.136. The van der Waals surface area contributed by atoms with E-state index in [0.29, 0.717) is 29.7 Å². The number of fused-ring (bicyclic) bond motifs is 3. The summed E-state index contributed by atoms with van der Waals surface area (Å²) in [6, 6.07) is 0.433. The maximum absolute atomic E-state index is 13.1. The minimum atomic E-state index is 0.316. The normalized spacial score (nSPS) is 46.5. The Labute approximate surface area is 133 Å². The zero-order valence-electron chi connectivity index (χ0n) is 13.2. The molecule has 0 spiro atoms. The number of rotatable bonds is 1. The molecule has 0 aromatic heterocycles. The van der Waals surface area contributed by atoms with Gasteiger partial charge in [-0.1, -0.05) is 24.6 Å². The Bertz CT molecular complexity index is 544. The number of piperidine rings is 4. The molecular formula is C19H25N2O. The van der Waals surface area contributed by atoms with Gasteiger partial charge in [-0.2, -0.15) is 0 Å². The maximum Gasteiger partial charge on any atom is 0.250 e. The van der Waals surface area contributed by atoms with Gasteiger partial charge < -0.3 is 9.80 Å². The summed E-state index contributed by atoms with van der Waals surface area (Å²) in [4.78, 5) is 17.9. The molecule has 1 amide bonds. The van der Waals surface area contributed by atoms with Crippen LogP contribution in [0.4, 0.5) is 0 Å². The number of hydrogen-bond acceptors (Lipinski definition) is 2. The molecule has 4 atom stereocenters. The van der Waals surface area contributed by atoms with E-state index in [1.54, 1.807) is 0 Å². The van der Waals surface area contributed by atoms with Crippen molar-refractivity contribution in [3.05, 3.63) is 30.3 Å². The van der Waals surface area contributed by atoms with Crippen molar-refractivity contribution >= 4 is 5.91 Å². The highest BCUT2D eigenvalue weighted by molar-refractivity contribution is 5.96. The number of hydrogen-bond donors (Lipinski definition) is 0. The van der Waals surface area contributed by atoms with Crippen molar-refractivity contribution in [2.24, 2.45) is 23.7 Å². The van der Waals surface area contributed by atoms with E-state index in [4.69, 9.17) is 0 Å². The minimum absolute atomic E-state index is 0.316. The molecule has 1 radical (unpaired) electrons. The van der Waals surface area contributed by atoms with Crippen molar-refractivity contribution in [3.8, 4) is 0 Å². The summed E-state index contributed by atoms with van der Waals surface area (Å²) in [6.07, 6.45) is 13.0. The summed E-state index contributed by atoms with van der Waals surface area (Å²) in [7, 11) is 0. The van der Waals surface area contributed by atoms with Crippen LogP contribution >= 0.6 is 0 Å². The largest absolute Gasteiger partial charge is 0.329 e. The van der Waals surface area contributed by atoms with Crippen LogP contribution < -0.4 is 0 Å². The maximum atomic E-state index is 13.1. The lowest BCUT2D eigenvalue weighted by Crippen LogP contribution is -2.61. The number of allylic oxidation sites excluding steroid dienone is 3. The molecule has 3 nitrogen and oxygen atoms in total. The second-order valence-electron chi connectivity index (χ2n) is 7.86. The van der Waals surface area contributed by atoms with Crippen LogP contribution in [0.2, 0.25) is 0 Å². The van der Waals surface area contributed by atoms with Crippen LogP contribution in [0.25, 0.3) is 0 Å². The van der Waals surface area contributed by atoms with Gasteiger partial charge in [-0.05, 0) is 56.5 Å². The molecule has 2 aliphatic carbocycles. The molecule has 0 aromatic carbocycles. The molecule has 3 heteroatoms. The second-order valence-corrected chi connectivity index (χ2v) is 7.86. The first-order chi connectivity index (χ1) is 10.8. The van der Waals surface area contributed by atoms with Crippen molar-refractivity contribution < 1.29 is 4.79 Å². The smallest absolute Gasteiger partial charge is 0.250 e. The van der Waals surface area contributed by atoms with Crippen molar-refractivity contribution in [2.45, 2.75) is 38.1 Å². The summed E-state index contributed by atoms with van der Waals surface area (Å²) < 4.78 is 0. The minimum Gasteiger partial charge on any atom is -0.329 e. The van der Waals surface area contributed by atoms with Crippen LogP contribution in [0.1, 0.15) is 32.1 Å². The zero-order valence-corrected chi connectivity index (χ0v) is 13.2. The molecule has 1 saturated carbocycles. The fraction of sp³-hybridized carbons (Fsp3) is 0.684. The Kier molecular flexibility index (Phi) is 3.01. The van der Waals surface area contributed by atoms with Crippen LogP contribution in [0, 0.1) is 30.2 Å². The Hall–Kier alpha value is -1.09. The third-order valence-electron chi connectivity index (χ3n) is 6.80. The van der Waals surface area contributed by atoms with Crippen molar-refractivity contribution in [2.75, 3.05) is 19.6 Å². The molecule has 2 bridgehead atoms. The molecule has 5 fully saturated rings. The van der Waals surface area contributed by atoms with Gasteiger partial charge in [-0.15, -0.1) is 0 Å². The third-order valence-corrected chi connectivity index (χ3v) is 6.80. The monoisotopic (exact) mass is 297 g/mol. The van der Waals surface area contributed by atoms with Crippen molar-refractivity contribution in [1.29, 1.82) is 0 Å². The van der Waals surface area contributed by atoms with Gasteiger partial charge >= 0.3 is 0 Å². The Balaban J connectivity index is 1.46. The SMILES string of the molecule is O=C1C2=CC=CC3CCCC([CH]N1[C@@H]1CN4CCC1CC4)C23. The molecule has 4 aliphatic heterocycles. The first-order valence-electron chi connectivity index (χ1n) is 9.09. The summed E-state index contributed by atoms with van der Waals surface area (Å²) in [5, 5.41) is 0. The fourth-order valence-electron chi connectivity index (χ4n) is 5.67. The molecule has 4 saturated heterocycles. The topological polar surface area (TPSA) is 23.6 Å². The predicted octanol–water partition coefficient (Wildman–Crippen LogP) is 2.61. The number of carbonyl (C=O) groups excluding carboxylic acids is 1. The molecule has 117 valence electrons. The van der Waals surface area contributed by atoms with E-state index in [1.165, 1.54) is 45.2 Å². The first-order valence-corrected chi connectivity index (χ1v) is 9.09. The highest BCUT2D eigenvalue weighted by Crippen LogP contribution is 2.48. The van der Waals surface area contributed by atoms with E-state index in [-0.39, 0.29) is 0 Å². The van der Waals surface area contributed by atoms with Crippen molar-refractivity contribution in [1.82, 2.24) is 9.80 Å². The van der Waals surface area contributed by atoms with Gasteiger partial charge in [0.15, 0.2) is 0 Å². The molecule has 22 heavy (non-hydrogen) atoms.